The van der Waals surface area contributed by atoms with E-state index in [-0.39, 0.29) is 22.7 Å². The van der Waals surface area contributed by atoms with E-state index in [0.717, 1.165) is 29.9 Å². The third-order valence-electron chi connectivity index (χ3n) is 4.91. The van der Waals surface area contributed by atoms with Crippen molar-refractivity contribution in [1.29, 1.82) is 5.26 Å². The zero-order valence-corrected chi connectivity index (χ0v) is 18.8. The molecule has 1 aromatic carbocycles. The van der Waals surface area contributed by atoms with Crippen LogP contribution in [0.1, 0.15) is 35.9 Å². The first-order valence-corrected chi connectivity index (χ1v) is 10.2. The van der Waals surface area contributed by atoms with E-state index in [9.17, 15) is 19.2 Å². The molecule has 0 atom stereocenters. The number of carbonyl (C=O) groups excluding carboxylic acids is 2. The fraction of sp³-hybridized carbons (Fsp3) is 0.348. The molecule has 1 heterocycles. The summed E-state index contributed by atoms with van der Waals surface area (Å²) in [6.45, 7) is 6.13. The molecule has 0 radical (unpaired) electrons. The Morgan fingerprint density at radius 1 is 1.35 bits per heavy atom. The average Bonchev–Trinajstić information content (AvgIpc) is 3.00. The second-order valence-electron chi connectivity index (χ2n) is 7.17. The van der Waals surface area contributed by atoms with Gasteiger partial charge in [-0.2, -0.15) is 5.26 Å². The number of esters is 1. The van der Waals surface area contributed by atoms with Crippen LogP contribution in [0.4, 0.5) is 4.39 Å². The Morgan fingerprint density at radius 3 is 2.68 bits per heavy atom. The first kappa shape index (κ1) is 24.2. The number of aryl methyl sites for hydroxylation is 1. The monoisotopic (exact) mass is 445 g/mol. The minimum Gasteiger partial charge on any atom is -0.451 e. The predicted molar refractivity (Wildman–Crippen MR) is 117 cm³/mol. The molecule has 2 aromatic rings. The van der Waals surface area contributed by atoms with Crippen molar-refractivity contribution >= 4 is 29.6 Å². The van der Waals surface area contributed by atoms with Crippen molar-refractivity contribution in [3.8, 4) is 6.07 Å². The quantitative estimate of drug-likeness (QED) is 0.342. The average molecular weight is 446 g/mol. The normalized spacial score (nSPS) is 11.2. The van der Waals surface area contributed by atoms with Crippen molar-refractivity contribution in [1.82, 2.24) is 9.47 Å². The van der Waals surface area contributed by atoms with E-state index in [1.54, 1.807) is 0 Å². The molecule has 2 rings (SSSR count). The molecule has 0 fully saturated rings. The molecule has 0 spiro atoms. The molecule has 6 nitrogen and oxygen atoms in total. The van der Waals surface area contributed by atoms with Gasteiger partial charge in [-0.25, -0.2) is 9.18 Å². The lowest BCUT2D eigenvalue weighted by atomic mass is 10.1. The van der Waals surface area contributed by atoms with Crippen molar-refractivity contribution in [2.45, 2.75) is 40.3 Å². The zero-order chi connectivity index (χ0) is 23.1. The molecule has 8 heteroatoms. The Morgan fingerprint density at radius 2 is 2.06 bits per heavy atom. The molecule has 164 valence electrons. The highest BCUT2D eigenvalue weighted by molar-refractivity contribution is 6.31. The number of nitrogens with zero attached hydrogens (tertiary/aromatic N) is 3. The molecule has 0 aliphatic carbocycles. The number of likely N-dealkylation sites (N-methyl/N-ethyl adjacent to an activating group) is 1. The number of aromatic nitrogens is 1. The van der Waals surface area contributed by atoms with Gasteiger partial charge in [0, 0.05) is 42.1 Å². The van der Waals surface area contributed by atoms with Crippen LogP contribution in [0.3, 0.4) is 0 Å². The van der Waals surface area contributed by atoms with Crippen LogP contribution >= 0.6 is 11.6 Å². The number of hydrogen-bond acceptors (Lipinski definition) is 4. The Kier molecular flexibility index (Phi) is 8.40. The van der Waals surface area contributed by atoms with Crippen molar-refractivity contribution in [3.05, 3.63) is 63.2 Å². The molecular formula is C23H25ClFN3O3. The standard InChI is InChI=1S/C23H25ClFN3O3/c1-5-9-28-15(2)10-17(16(28)3)11-18(12-26)23(30)31-14-22(29)27(4)13-19-20(24)7-6-8-21(19)25/h6-8,10-11H,5,9,13-14H2,1-4H3/b18-11+. The highest BCUT2D eigenvalue weighted by Gasteiger charge is 2.18. The number of halogens is 2. The minimum absolute atomic E-state index is 0.0771. The molecular weight excluding hydrogens is 421 g/mol. The number of carbonyl (C=O) groups is 2. The van der Waals surface area contributed by atoms with Crippen molar-refractivity contribution in [2.24, 2.45) is 0 Å². The molecule has 31 heavy (non-hydrogen) atoms. The summed E-state index contributed by atoms with van der Waals surface area (Å²) in [6, 6.07) is 7.98. The second-order valence-corrected chi connectivity index (χ2v) is 7.58. The van der Waals surface area contributed by atoms with Gasteiger partial charge in [0.2, 0.25) is 0 Å². The molecule has 1 aromatic heterocycles. The zero-order valence-electron chi connectivity index (χ0n) is 18.0. The smallest absolute Gasteiger partial charge is 0.349 e. The molecule has 0 unspecified atom stereocenters. The summed E-state index contributed by atoms with van der Waals surface area (Å²) >= 11 is 5.98. The van der Waals surface area contributed by atoms with Crippen LogP contribution < -0.4 is 0 Å². The predicted octanol–water partition coefficient (Wildman–Crippen LogP) is 4.42. The van der Waals surface area contributed by atoms with Gasteiger partial charge in [-0.15, -0.1) is 0 Å². The van der Waals surface area contributed by atoms with E-state index >= 15 is 0 Å². The maximum Gasteiger partial charge on any atom is 0.349 e. The van der Waals surface area contributed by atoms with E-state index in [1.165, 1.54) is 36.2 Å². The van der Waals surface area contributed by atoms with E-state index in [0.29, 0.717) is 0 Å². The third kappa shape index (κ3) is 5.96. The van der Waals surface area contributed by atoms with Crippen LogP contribution in [0.25, 0.3) is 6.08 Å². The summed E-state index contributed by atoms with van der Waals surface area (Å²) in [4.78, 5) is 25.8. The Labute approximate surface area is 186 Å². The highest BCUT2D eigenvalue weighted by atomic mass is 35.5. The third-order valence-corrected chi connectivity index (χ3v) is 5.26. The fourth-order valence-corrected chi connectivity index (χ4v) is 3.38. The Bertz CT molecular complexity index is 1030. The first-order chi connectivity index (χ1) is 14.7. The minimum atomic E-state index is -0.895. The van der Waals surface area contributed by atoms with E-state index in [4.69, 9.17) is 16.3 Å². The lowest BCUT2D eigenvalue weighted by Crippen LogP contribution is -2.31. The van der Waals surface area contributed by atoms with E-state index in [1.807, 2.05) is 26.0 Å². The van der Waals surface area contributed by atoms with Gasteiger partial charge in [-0.1, -0.05) is 24.6 Å². The summed E-state index contributed by atoms with van der Waals surface area (Å²) in [7, 11) is 1.45. The Balaban J connectivity index is 2.05. The van der Waals surface area contributed by atoms with Crippen LogP contribution in [0.15, 0.2) is 29.8 Å². The van der Waals surface area contributed by atoms with Gasteiger partial charge in [0.1, 0.15) is 17.5 Å². The number of ether oxygens (including phenoxy) is 1. The fourth-order valence-electron chi connectivity index (χ4n) is 3.16. The van der Waals surface area contributed by atoms with Crippen molar-refractivity contribution in [2.75, 3.05) is 13.7 Å². The number of benzene rings is 1. The van der Waals surface area contributed by atoms with E-state index in [2.05, 4.69) is 11.5 Å². The van der Waals surface area contributed by atoms with Crippen LogP contribution in [0.2, 0.25) is 5.02 Å². The van der Waals surface area contributed by atoms with Crippen LogP contribution in [0, 0.1) is 31.0 Å². The lowest BCUT2D eigenvalue weighted by molar-refractivity contribution is -0.148. The van der Waals surface area contributed by atoms with Gasteiger partial charge < -0.3 is 14.2 Å². The van der Waals surface area contributed by atoms with Crippen LogP contribution in [-0.4, -0.2) is 35.0 Å². The molecule has 0 aliphatic rings. The lowest BCUT2D eigenvalue weighted by Gasteiger charge is -2.18. The van der Waals surface area contributed by atoms with Gasteiger partial charge in [0.25, 0.3) is 5.91 Å². The second kappa shape index (κ2) is 10.8. The first-order valence-electron chi connectivity index (χ1n) is 9.82. The SMILES string of the molecule is CCCn1c(C)cc(/C=C(\C#N)C(=O)OCC(=O)N(C)Cc2c(F)cccc2Cl)c1C. The Hall–Kier alpha value is -3.11. The topological polar surface area (TPSA) is 75.3 Å². The molecule has 0 N–H and O–H groups in total. The highest BCUT2D eigenvalue weighted by Crippen LogP contribution is 2.21. The number of nitriles is 1. The van der Waals surface area contributed by atoms with Gasteiger partial charge in [-0.05, 0) is 50.1 Å². The van der Waals surface area contributed by atoms with E-state index < -0.39 is 24.3 Å². The number of rotatable bonds is 8. The van der Waals surface area contributed by atoms with Gasteiger partial charge in [0.15, 0.2) is 6.61 Å². The summed E-state index contributed by atoms with van der Waals surface area (Å²) in [6.07, 6.45) is 2.42. The summed E-state index contributed by atoms with van der Waals surface area (Å²) in [5.41, 5.74) is 2.69. The maximum absolute atomic E-state index is 13.9. The maximum atomic E-state index is 13.9. The molecule has 0 saturated carbocycles. The number of amides is 1. The summed E-state index contributed by atoms with van der Waals surface area (Å²) in [5.74, 6) is -1.97. The molecule has 0 saturated heterocycles. The van der Waals surface area contributed by atoms with Gasteiger partial charge in [0.05, 0.1) is 0 Å². The molecule has 0 aliphatic heterocycles. The molecule has 1 amide bonds. The van der Waals surface area contributed by atoms with Gasteiger partial charge in [-0.3, -0.25) is 4.79 Å². The number of hydrogen-bond donors (Lipinski definition) is 0. The van der Waals surface area contributed by atoms with Gasteiger partial charge >= 0.3 is 5.97 Å². The van der Waals surface area contributed by atoms with Crippen LogP contribution in [-0.2, 0) is 27.4 Å². The van der Waals surface area contributed by atoms with Crippen molar-refractivity contribution in [3.63, 3.8) is 0 Å². The summed E-state index contributed by atoms with van der Waals surface area (Å²) in [5, 5.41) is 9.58. The van der Waals surface area contributed by atoms with Crippen molar-refractivity contribution < 1.29 is 18.7 Å². The largest absolute Gasteiger partial charge is 0.451 e. The van der Waals surface area contributed by atoms with Crippen LogP contribution in [0.5, 0.6) is 0 Å². The summed E-state index contributed by atoms with van der Waals surface area (Å²) < 4.78 is 21.0. The molecule has 0 bridgehead atoms.